The molecule has 2 aromatic rings. The summed E-state index contributed by atoms with van der Waals surface area (Å²) in [5.74, 6) is -0.0273. The summed E-state index contributed by atoms with van der Waals surface area (Å²) in [5.41, 5.74) is 0.960. The summed E-state index contributed by atoms with van der Waals surface area (Å²) in [5, 5.41) is 28.7. The van der Waals surface area contributed by atoms with Crippen molar-refractivity contribution < 1.29 is 19.7 Å². The van der Waals surface area contributed by atoms with Crippen LogP contribution in [0.1, 0.15) is 49.6 Å². The molecule has 4 N–H and O–H groups in total. The fraction of sp³-hybridized carbons (Fsp3) is 0.667. The smallest absolute Gasteiger partial charge is 0.220 e. The van der Waals surface area contributed by atoms with Gasteiger partial charge in [-0.05, 0) is 42.7 Å². The average Bonchev–Trinajstić information content (AvgIpc) is 3.31. The third-order valence-electron chi connectivity index (χ3n) is 9.05. The van der Waals surface area contributed by atoms with Gasteiger partial charge in [0.15, 0.2) is 5.13 Å². The molecular formula is C27H39N5O4S. The van der Waals surface area contributed by atoms with Crippen molar-refractivity contribution in [2.45, 2.75) is 51.6 Å². The van der Waals surface area contributed by atoms with Crippen LogP contribution < -0.4 is 10.6 Å². The Morgan fingerprint density at radius 2 is 2.14 bits per heavy atom. The lowest BCUT2D eigenvalue weighted by atomic mass is 9.47. The number of anilines is 2. The molecule has 0 bridgehead atoms. The maximum Gasteiger partial charge on any atom is 0.220 e. The van der Waals surface area contributed by atoms with Gasteiger partial charge in [-0.15, -0.1) is 11.3 Å². The number of ether oxygens (including phenoxy) is 1. The highest BCUT2D eigenvalue weighted by molar-refractivity contribution is 7.15. The standard InChI is InChI=1S/C27H39N5O4S/c1-26-6-5-22(34)27(2,17-33)21(26)15-20-24(31-25(37-20)30-18-4-3-7-28-16-18)19(26)14-23(35)29-8-9-32-10-12-36-13-11-32/h3-4,7,16,19,21-22,33-34H,5-6,8-15,17H2,1-2H3,(H,29,35)(H,30,31). The van der Waals surface area contributed by atoms with Gasteiger partial charge >= 0.3 is 0 Å². The zero-order valence-corrected chi connectivity index (χ0v) is 22.6. The molecule has 3 heterocycles. The first kappa shape index (κ1) is 26.5. The van der Waals surface area contributed by atoms with Crippen LogP contribution in [-0.4, -0.2) is 83.1 Å². The van der Waals surface area contributed by atoms with Crippen molar-refractivity contribution in [2.75, 3.05) is 51.3 Å². The number of amides is 1. The van der Waals surface area contributed by atoms with E-state index in [4.69, 9.17) is 9.72 Å². The van der Waals surface area contributed by atoms with E-state index in [1.54, 1.807) is 23.7 Å². The number of rotatable bonds is 8. The minimum atomic E-state index is -0.628. The number of fused-ring (bicyclic) bond motifs is 2. The summed E-state index contributed by atoms with van der Waals surface area (Å²) < 4.78 is 5.42. The number of aliphatic hydroxyl groups is 2. The number of carbonyl (C=O) groups is 1. The number of hydrogen-bond acceptors (Lipinski definition) is 9. The first-order chi connectivity index (χ1) is 17.8. The Kier molecular flexibility index (Phi) is 7.83. The highest BCUT2D eigenvalue weighted by atomic mass is 32.1. The summed E-state index contributed by atoms with van der Waals surface area (Å²) in [4.78, 5) is 25.9. The van der Waals surface area contributed by atoms with Crippen LogP contribution in [0.5, 0.6) is 0 Å². The van der Waals surface area contributed by atoms with Crippen LogP contribution >= 0.6 is 11.3 Å². The zero-order valence-electron chi connectivity index (χ0n) is 21.8. The molecule has 0 radical (unpaired) electrons. The van der Waals surface area contributed by atoms with Gasteiger partial charge in [0.05, 0.1) is 43.5 Å². The Morgan fingerprint density at radius 1 is 1.32 bits per heavy atom. The van der Waals surface area contributed by atoms with Crippen LogP contribution in [0.15, 0.2) is 24.5 Å². The van der Waals surface area contributed by atoms with Crippen LogP contribution in [0.2, 0.25) is 0 Å². The van der Waals surface area contributed by atoms with Crippen molar-refractivity contribution in [3.63, 3.8) is 0 Å². The molecule has 202 valence electrons. The van der Waals surface area contributed by atoms with Crippen molar-refractivity contribution >= 4 is 28.1 Å². The second kappa shape index (κ2) is 10.9. The van der Waals surface area contributed by atoms with E-state index in [-0.39, 0.29) is 29.8 Å². The largest absolute Gasteiger partial charge is 0.396 e. The summed E-state index contributed by atoms with van der Waals surface area (Å²) in [6.07, 6.45) is 5.42. The number of pyridine rings is 1. The van der Waals surface area contributed by atoms with E-state index >= 15 is 0 Å². The van der Waals surface area contributed by atoms with Gasteiger partial charge in [0, 0.05) is 55.0 Å². The Labute approximate surface area is 222 Å². The third-order valence-corrected chi connectivity index (χ3v) is 10.1. The van der Waals surface area contributed by atoms with E-state index in [1.165, 1.54) is 0 Å². The molecule has 37 heavy (non-hydrogen) atoms. The van der Waals surface area contributed by atoms with Gasteiger partial charge in [0.1, 0.15) is 0 Å². The van der Waals surface area contributed by atoms with Crippen LogP contribution in [-0.2, 0) is 16.0 Å². The number of aliphatic hydroxyl groups excluding tert-OH is 2. The number of nitrogens with one attached hydrogen (secondary N) is 2. The molecule has 1 saturated carbocycles. The highest BCUT2D eigenvalue weighted by Gasteiger charge is 2.59. The summed E-state index contributed by atoms with van der Waals surface area (Å²) >= 11 is 1.60. The lowest BCUT2D eigenvalue weighted by Gasteiger charge is -2.58. The SMILES string of the molecule is CC1(CO)C(O)CCC2(C)C(CC(=O)NCCN3CCOCC3)c3nc(Nc4cccnc4)sc3CC12. The first-order valence-electron chi connectivity index (χ1n) is 13.4. The molecule has 0 aromatic carbocycles. The van der Waals surface area contributed by atoms with Crippen molar-refractivity contribution in [1.82, 2.24) is 20.2 Å². The molecule has 10 heteroatoms. The zero-order chi connectivity index (χ0) is 26.0. The topological polar surface area (TPSA) is 120 Å². The molecule has 2 aliphatic carbocycles. The molecule has 1 amide bonds. The summed E-state index contributed by atoms with van der Waals surface area (Å²) in [6.45, 7) is 8.86. The first-order valence-corrected chi connectivity index (χ1v) is 14.2. The Morgan fingerprint density at radius 3 is 2.86 bits per heavy atom. The van der Waals surface area contributed by atoms with Gasteiger partial charge in [-0.1, -0.05) is 13.8 Å². The Bertz CT molecular complexity index is 1080. The van der Waals surface area contributed by atoms with Crippen molar-refractivity contribution in [1.29, 1.82) is 0 Å². The molecule has 1 aliphatic heterocycles. The van der Waals surface area contributed by atoms with E-state index in [9.17, 15) is 15.0 Å². The second-order valence-corrected chi connectivity index (χ2v) is 12.3. The number of hydrogen-bond donors (Lipinski definition) is 4. The molecule has 2 fully saturated rings. The maximum atomic E-state index is 13.3. The van der Waals surface area contributed by atoms with Gasteiger partial charge in [0.25, 0.3) is 0 Å². The van der Waals surface area contributed by atoms with E-state index in [2.05, 4.69) is 27.4 Å². The maximum absolute atomic E-state index is 13.3. The molecule has 2 aromatic heterocycles. The van der Waals surface area contributed by atoms with Gasteiger partial charge in [-0.3, -0.25) is 14.7 Å². The average molecular weight is 530 g/mol. The third kappa shape index (κ3) is 5.27. The van der Waals surface area contributed by atoms with Gasteiger partial charge in [-0.2, -0.15) is 0 Å². The molecule has 3 aliphatic rings. The quantitative estimate of drug-likeness (QED) is 0.412. The normalized spacial score (nSPS) is 31.8. The van der Waals surface area contributed by atoms with Crippen molar-refractivity contribution in [2.24, 2.45) is 16.7 Å². The Hall–Kier alpha value is -2.11. The monoisotopic (exact) mass is 529 g/mol. The Balaban J connectivity index is 1.39. The minimum Gasteiger partial charge on any atom is -0.396 e. The number of nitrogens with zero attached hydrogens (tertiary/aromatic N) is 3. The van der Waals surface area contributed by atoms with Crippen LogP contribution in [0, 0.1) is 16.7 Å². The molecule has 5 rings (SSSR count). The van der Waals surface area contributed by atoms with Gasteiger partial charge < -0.3 is 25.6 Å². The fourth-order valence-corrected chi connectivity index (χ4v) is 7.78. The van der Waals surface area contributed by atoms with E-state index in [0.29, 0.717) is 19.4 Å². The lowest BCUT2D eigenvalue weighted by molar-refractivity contribution is -0.144. The highest BCUT2D eigenvalue weighted by Crippen LogP contribution is 2.62. The minimum absolute atomic E-state index is 0.0256. The van der Waals surface area contributed by atoms with Gasteiger partial charge in [0.2, 0.25) is 5.91 Å². The fourth-order valence-electron chi connectivity index (χ4n) is 6.70. The number of aromatic nitrogens is 2. The van der Waals surface area contributed by atoms with Crippen LogP contribution in [0.3, 0.4) is 0 Å². The van der Waals surface area contributed by atoms with Crippen molar-refractivity contribution in [3.8, 4) is 0 Å². The molecule has 9 nitrogen and oxygen atoms in total. The number of thiazole rings is 1. The van der Waals surface area contributed by atoms with E-state index < -0.39 is 11.5 Å². The molecule has 0 spiro atoms. The molecule has 5 unspecified atom stereocenters. The molecule has 5 atom stereocenters. The van der Waals surface area contributed by atoms with Gasteiger partial charge in [-0.25, -0.2) is 4.98 Å². The molecule has 1 saturated heterocycles. The van der Waals surface area contributed by atoms with Crippen LogP contribution in [0.4, 0.5) is 10.8 Å². The second-order valence-electron chi connectivity index (χ2n) is 11.2. The van der Waals surface area contributed by atoms with E-state index in [1.807, 2.05) is 19.1 Å². The van der Waals surface area contributed by atoms with E-state index in [0.717, 1.165) is 67.1 Å². The van der Waals surface area contributed by atoms with Crippen molar-refractivity contribution in [3.05, 3.63) is 35.1 Å². The predicted molar refractivity (Wildman–Crippen MR) is 143 cm³/mol. The predicted octanol–water partition coefficient (Wildman–Crippen LogP) is 2.54. The number of carbonyl (C=O) groups excluding carboxylic acids is 1. The summed E-state index contributed by atoms with van der Waals surface area (Å²) in [7, 11) is 0. The van der Waals surface area contributed by atoms with Crippen LogP contribution in [0.25, 0.3) is 0 Å². The lowest BCUT2D eigenvalue weighted by Crippen LogP contribution is -2.57. The summed E-state index contributed by atoms with van der Waals surface area (Å²) in [6, 6.07) is 3.83. The number of morpholine rings is 1. The molecular weight excluding hydrogens is 490 g/mol.